The van der Waals surface area contributed by atoms with Crippen LogP contribution in [-0.4, -0.2) is 22.8 Å². The minimum absolute atomic E-state index is 0.0226. The zero-order chi connectivity index (χ0) is 15.5. The van der Waals surface area contributed by atoms with Crippen molar-refractivity contribution >= 4 is 29.1 Å². The van der Waals surface area contributed by atoms with E-state index in [1.54, 1.807) is 18.3 Å². The van der Waals surface area contributed by atoms with Gasteiger partial charge in [-0.05, 0) is 36.2 Å². The number of amides is 2. The lowest BCUT2D eigenvalue weighted by molar-refractivity contribution is -0.136. The van der Waals surface area contributed by atoms with E-state index in [0.29, 0.717) is 10.7 Å². The second kappa shape index (κ2) is 6.15. The molecule has 1 aromatic heterocycles. The van der Waals surface area contributed by atoms with Gasteiger partial charge in [0.15, 0.2) is 0 Å². The summed E-state index contributed by atoms with van der Waals surface area (Å²) in [4.78, 5) is 27.5. The number of nitrogens with one attached hydrogen (secondary N) is 2. The van der Waals surface area contributed by atoms with E-state index in [4.69, 9.17) is 11.6 Å². The molecule has 2 N–H and O–H groups in total. The predicted molar refractivity (Wildman–Crippen MR) is 83.6 cm³/mol. The molecule has 1 heterocycles. The molecule has 0 radical (unpaired) electrons. The number of rotatable bonds is 3. The molecule has 2 aromatic rings. The lowest BCUT2D eigenvalue weighted by Crippen LogP contribution is -2.37. The van der Waals surface area contributed by atoms with E-state index in [1.807, 2.05) is 24.3 Å². The third-order valence-corrected chi connectivity index (χ3v) is 3.74. The van der Waals surface area contributed by atoms with Crippen molar-refractivity contribution in [3.8, 4) is 0 Å². The quantitative estimate of drug-likeness (QED) is 0.854. The Balaban J connectivity index is 1.54. The number of aromatic nitrogens is 1. The number of anilines is 1. The molecule has 22 heavy (non-hydrogen) atoms. The number of halogens is 1. The standard InChI is InChI=1S/C16H14ClN3O2/c17-11-4-1-3-10(7-11)13-8-14(13)20-16(22)15(21)19-12-5-2-6-18-9-12/h1-7,9,13-14H,8H2,(H,19,21)(H,20,22)/t13-,14-/m0/s1. The summed E-state index contributed by atoms with van der Waals surface area (Å²) in [5.41, 5.74) is 1.57. The normalized spacial score (nSPS) is 19.3. The molecule has 0 aliphatic heterocycles. The molecule has 1 aliphatic carbocycles. The van der Waals surface area contributed by atoms with Gasteiger partial charge in [-0.15, -0.1) is 0 Å². The van der Waals surface area contributed by atoms with Crippen LogP contribution in [0.25, 0.3) is 0 Å². The summed E-state index contributed by atoms with van der Waals surface area (Å²) < 4.78 is 0. The van der Waals surface area contributed by atoms with Crippen molar-refractivity contribution in [3.05, 3.63) is 59.4 Å². The van der Waals surface area contributed by atoms with Gasteiger partial charge in [0.1, 0.15) is 0 Å². The lowest BCUT2D eigenvalue weighted by atomic mass is 10.1. The molecular weight excluding hydrogens is 302 g/mol. The molecule has 1 saturated carbocycles. The van der Waals surface area contributed by atoms with Gasteiger partial charge in [0, 0.05) is 23.2 Å². The average molecular weight is 316 g/mol. The Bertz CT molecular complexity index is 706. The van der Waals surface area contributed by atoms with Crippen LogP contribution < -0.4 is 10.6 Å². The summed E-state index contributed by atoms with van der Waals surface area (Å²) >= 11 is 5.95. The second-order valence-electron chi connectivity index (χ2n) is 5.17. The largest absolute Gasteiger partial charge is 0.344 e. The predicted octanol–water partition coefficient (Wildman–Crippen LogP) is 2.35. The van der Waals surface area contributed by atoms with Crippen molar-refractivity contribution in [1.29, 1.82) is 0 Å². The van der Waals surface area contributed by atoms with Gasteiger partial charge < -0.3 is 10.6 Å². The molecule has 5 nitrogen and oxygen atoms in total. The third kappa shape index (κ3) is 3.43. The summed E-state index contributed by atoms with van der Waals surface area (Å²) in [6.07, 6.45) is 3.89. The Morgan fingerprint density at radius 1 is 1.18 bits per heavy atom. The summed E-state index contributed by atoms with van der Waals surface area (Å²) in [6, 6.07) is 10.9. The first-order valence-corrected chi connectivity index (χ1v) is 7.28. The fourth-order valence-electron chi connectivity index (χ4n) is 2.32. The van der Waals surface area contributed by atoms with E-state index in [9.17, 15) is 9.59 Å². The fourth-order valence-corrected chi connectivity index (χ4v) is 2.52. The molecule has 6 heteroatoms. The molecule has 1 aliphatic rings. The molecule has 0 saturated heterocycles. The molecule has 0 bridgehead atoms. The van der Waals surface area contributed by atoms with Crippen LogP contribution in [0.1, 0.15) is 17.9 Å². The third-order valence-electron chi connectivity index (χ3n) is 3.51. The van der Waals surface area contributed by atoms with Crippen molar-refractivity contribution in [2.45, 2.75) is 18.4 Å². The maximum absolute atomic E-state index is 11.9. The average Bonchev–Trinajstić information content (AvgIpc) is 3.27. The Kier molecular flexibility index (Phi) is 4.06. The van der Waals surface area contributed by atoms with Crippen LogP contribution in [0.15, 0.2) is 48.8 Å². The van der Waals surface area contributed by atoms with Crippen LogP contribution in [-0.2, 0) is 9.59 Å². The molecule has 1 fully saturated rings. The summed E-state index contributed by atoms with van der Waals surface area (Å²) in [6.45, 7) is 0. The SMILES string of the molecule is O=C(Nc1cccnc1)C(=O)N[C@H]1C[C@H]1c1cccc(Cl)c1. The fraction of sp³-hybridized carbons (Fsp3) is 0.188. The molecule has 2 amide bonds. The van der Waals surface area contributed by atoms with Gasteiger partial charge in [0.05, 0.1) is 11.9 Å². The topological polar surface area (TPSA) is 71.1 Å². The highest BCUT2D eigenvalue weighted by Gasteiger charge is 2.40. The zero-order valence-electron chi connectivity index (χ0n) is 11.6. The minimum Gasteiger partial charge on any atom is -0.344 e. The van der Waals surface area contributed by atoms with E-state index in [1.165, 1.54) is 6.20 Å². The number of nitrogens with zero attached hydrogens (tertiary/aromatic N) is 1. The first-order chi connectivity index (χ1) is 10.6. The monoisotopic (exact) mass is 315 g/mol. The van der Waals surface area contributed by atoms with Gasteiger partial charge in [-0.1, -0.05) is 23.7 Å². The Morgan fingerprint density at radius 2 is 2.05 bits per heavy atom. The first-order valence-electron chi connectivity index (χ1n) is 6.91. The highest BCUT2D eigenvalue weighted by atomic mass is 35.5. The molecule has 3 rings (SSSR count). The van der Waals surface area contributed by atoms with Crippen LogP contribution in [0.4, 0.5) is 5.69 Å². The molecule has 1 aromatic carbocycles. The lowest BCUT2D eigenvalue weighted by Gasteiger charge is -2.06. The zero-order valence-corrected chi connectivity index (χ0v) is 12.4. The van der Waals surface area contributed by atoms with Crippen molar-refractivity contribution in [2.24, 2.45) is 0 Å². The number of carbonyl (C=O) groups excluding carboxylic acids is 2. The van der Waals surface area contributed by atoms with Crippen LogP contribution in [0.2, 0.25) is 5.02 Å². The summed E-state index contributed by atoms with van der Waals surface area (Å²) in [5, 5.41) is 5.90. The highest BCUT2D eigenvalue weighted by Crippen LogP contribution is 2.41. The van der Waals surface area contributed by atoms with E-state index in [0.717, 1.165) is 12.0 Å². The Morgan fingerprint density at radius 3 is 2.77 bits per heavy atom. The number of hydrogen-bond donors (Lipinski definition) is 2. The van der Waals surface area contributed by atoms with Crippen LogP contribution in [0.5, 0.6) is 0 Å². The molecule has 112 valence electrons. The van der Waals surface area contributed by atoms with Gasteiger partial charge in [0.2, 0.25) is 0 Å². The maximum atomic E-state index is 11.9. The number of benzene rings is 1. The second-order valence-corrected chi connectivity index (χ2v) is 5.61. The van der Waals surface area contributed by atoms with E-state index >= 15 is 0 Å². The van der Waals surface area contributed by atoms with Crippen molar-refractivity contribution in [3.63, 3.8) is 0 Å². The Labute approximate surface area is 132 Å². The minimum atomic E-state index is -0.690. The van der Waals surface area contributed by atoms with Gasteiger partial charge >= 0.3 is 11.8 Å². The van der Waals surface area contributed by atoms with Crippen molar-refractivity contribution in [2.75, 3.05) is 5.32 Å². The van der Waals surface area contributed by atoms with E-state index in [-0.39, 0.29) is 12.0 Å². The van der Waals surface area contributed by atoms with Gasteiger partial charge in [0.25, 0.3) is 0 Å². The number of carbonyl (C=O) groups is 2. The van der Waals surface area contributed by atoms with E-state index in [2.05, 4.69) is 15.6 Å². The van der Waals surface area contributed by atoms with Gasteiger partial charge in [-0.3, -0.25) is 14.6 Å². The van der Waals surface area contributed by atoms with Crippen molar-refractivity contribution < 1.29 is 9.59 Å². The number of hydrogen-bond acceptors (Lipinski definition) is 3. The Hall–Kier alpha value is -2.40. The van der Waals surface area contributed by atoms with Gasteiger partial charge in [-0.25, -0.2) is 0 Å². The summed E-state index contributed by atoms with van der Waals surface area (Å²) in [5.74, 6) is -1.11. The highest BCUT2D eigenvalue weighted by molar-refractivity contribution is 6.39. The van der Waals surface area contributed by atoms with Gasteiger partial charge in [-0.2, -0.15) is 0 Å². The molecular formula is C16H14ClN3O2. The first kappa shape index (κ1) is 14.5. The molecule has 0 spiro atoms. The maximum Gasteiger partial charge on any atom is 0.313 e. The van der Waals surface area contributed by atoms with Crippen LogP contribution in [0, 0.1) is 0 Å². The molecule has 2 atom stereocenters. The van der Waals surface area contributed by atoms with Crippen LogP contribution >= 0.6 is 11.6 Å². The molecule has 0 unspecified atom stereocenters. The number of pyridine rings is 1. The van der Waals surface area contributed by atoms with Crippen LogP contribution in [0.3, 0.4) is 0 Å². The van der Waals surface area contributed by atoms with Crippen molar-refractivity contribution in [1.82, 2.24) is 10.3 Å². The smallest absolute Gasteiger partial charge is 0.313 e. The van der Waals surface area contributed by atoms with E-state index < -0.39 is 11.8 Å². The summed E-state index contributed by atoms with van der Waals surface area (Å²) in [7, 11) is 0.